The first-order chi connectivity index (χ1) is 6.90. The molecule has 1 nitrogen and oxygen atoms in total. The minimum absolute atomic E-state index is 0.0488. The van der Waals surface area contributed by atoms with E-state index in [0.717, 1.165) is 12.0 Å². The zero-order valence-electron chi connectivity index (χ0n) is 10.6. The highest BCUT2D eigenvalue weighted by atomic mass is 16.1. The molecule has 0 aliphatic heterocycles. The minimum Gasteiger partial charge on any atom is -0.290 e. The first kappa shape index (κ1) is 12.2. The molecule has 0 bridgehead atoms. The number of hydrogen-bond acceptors (Lipinski definition) is 1. The molecule has 1 rings (SSSR count). The van der Waals surface area contributed by atoms with E-state index < -0.39 is 0 Å². The van der Waals surface area contributed by atoms with Gasteiger partial charge in [-0.15, -0.1) is 0 Å². The second-order valence-corrected chi connectivity index (χ2v) is 5.25. The summed E-state index contributed by atoms with van der Waals surface area (Å²) >= 11 is 0. The van der Waals surface area contributed by atoms with Gasteiger partial charge in [0.15, 0.2) is 5.78 Å². The Kier molecular flexibility index (Phi) is 3.54. The summed E-state index contributed by atoms with van der Waals surface area (Å²) in [6, 6.07) is 0. The standard InChI is InChI=1S/C14H22O/c1-6-7-12(15)13-11(3)10(2)8-9-14(13,4)5/h6-7,10H,8-9H2,1-5H3/b7-6+/t10-/m1/s1. The largest absolute Gasteiger partial charge is 0.290 e. The summed E-state index contributed by atoms with van der Waals surface area (Å²) in [5.74, 6) is 0.758. The van der Waals surface area contributed by atoms with Crippen LogP contribution in [-0.4, -0.2) is 5.78 Å². The van der Waals surface area contributed by atoms with Crippen molar-refractivity contribution in [2.75, 3.05) is 0 Å². The molecule has 1 heteroatoms. The lowest BCUT2D eigenvalue weighted by Crippen LogP contribution is -2.28. The van der Waals surface area contributed by atoms with Crippen LogP contribution in [0.5, 0.6) is 0 Å². The van der Waals surface area contributed by atoms with Crippen LogP contribution >= 0.6 is 0 Å². The lowest BCUT2D eigenvalue weighted by molar-refractivity contribution is -0.112. The van der Waals surface area contributed by atoms with E-state index in [1.54, 1.807) is 6.08 Å². The molecule has 1 aliphatic carbocycles. The second-order valence-electron chi connectivity index (χ2n) is 5.25. The molecule has 0 fully saturated rings. The van der Waals surface area contributed by atoms with Gasteiger partial charge >= 0.3 is 0 Å². The van der Waals surface area contributed by atoms with E-state index in [0.29, 0.717) is 5.92 Å². The maximum Gasteiger partial charge on any atom is 0.181 e. The molecular formula is C14H22O. The van der Waals surface area contributed by atoms with E-state index >= 15 is 0 Å². The molecule has 0 spiro atoms. The fourth-order valence-corrected chi connectivity index (χ4v) is 2.46. The van der Waals surface area contributed by atoms with Crippen molar-refractivity contribution in [3.8, 4) is 0 Å². The molecule has 15 heavy (non-hydrogen) atoms. The summed E-state index contributed by atoms with van der Waals surface area (Å²) in [7, 11) is 0. The Balaban J connectivity index is 3.17. The summed E-state index contributed by atoms with van der Waals surface area (Å²) in [4.78, 5) is 12.0. The first-order valence-corrected chi connectivity index (χ1v) is 5.78. The van der Waals surface area contributed by atoms with Crippen molar-refractivity contribution >= 4 is 5.78 Å². The second kappa shape index (κ2) is 4.34. The fourth-order valence-electron chi connectivity index (χ4n) is 2.46. The van der Waals surface area contributed by atoms with Gasteiger partial charge in [0.2, 0.25) is 0 Å². The number of carbonyl (C=O) groups is 1. The van der Waals surface area contributed by atoms with Gasteiger partial charge in [0.1, 0.15) is 0 Å². The normalized spacial score (nSPS) is 26.1. The van der Waals surface area contributed by atoms with Crippen molar-refractivity contribution in [3.05, 3.63) is 23.3 Å². The van der Waals surface area contributed by atoms with Gasteiger partial charge in [0.25, 0.3) is 0 Å². The van der Waals surface area contributed by atoms with Gasteiger partial charge in [0.05, 0.1) is 0 Å². The van der Waals surface area contributed by atoms with Crippen LogP contribution in [0.4, 0.5) is 0 Å². The van der Waals surface area contributed by atoms with Gasteiger partial charge in [-0.1, -0.05) is 32.4 Å². The van der Waals surface area contributed by atoms with Crippen LogP contribution in [0, 0.1) is 11.3 Å². The van der Waals surface area contributed by atoms with E-state index in [9.17, 15) is 4.79 Å². The van der Waals surface area contributed by atoms with Crippen LogP contribution < -0.4 is 0 Å². The molecule has 0 aromatic heterocycles. The molecule has 84 valence electrons. The Morgan fingerprint density at radius 1 is 1.47 bits per heavy atom. The zero-order chi connectivity index (χ0) is 11.6. The maximum atomic E-state index is 12.0. The fraction of sp³-hybridized carbons (Fsp3) is 0.643. The van der Waals surface area contributed by atoms with Crippen molar-refractivity contribution < 1.29 is 4.79 Å². The Morgan fingerprint density at radius 3 is 2.60 bits per heavy atom. The third-order valence-electron chi connectivity index (χ3n) is 3.58. The van der Waals surface area contributed by atoms with Gasteiger partial charge in [-0.3, -0.25) is 4.79 Å². The van der Waals surface area contributed by atoms with E-state index in [-0.39, 0.29) is 11.2 Å². The van der Waals surface area contributed by atoms with Gasteiger partial charge in [-0.2, -0.15) is 0 Å². The van der Waals surface area contributed by atoms with Crippen LogP contribution in [-0.2, 0) is 4.79 Å². The minimum atomic E-state index is 0.0488. The van der Waals surface area contributed by atoms with Crippen molar-refractivity contribution in [2.45, 2.75) is 47.5 Å². The van der Waals surface area contributed by atoms with Gasteiger partial charge in [-0.05, 0) is 44.1 Å². The van der Waals surface area contributed by atoms with Crippen molar-refractivity contribution in [1.82, 2.24) is 0 Å². The van der Waals surface area contributed by atoms with Gasteiger partial charge in [-0.25, -0.2) is 0 Å². The maximum absolute atomic E-state index is 12.0. The molecule has 0 heterocycles. The third-order valence-corrected chi connectivity index (χ3v) is 3.58. The molecule has 1 aliphatic rings. The molecule has 0 aromatic carbocycles. The summed E-state index contributed by atoms with van der Waals surface area (Å²) in [5.41, 5.74) is 2.38. The summed E-state index contributed by atoms with van der Waals surface area (Å²) in [5, 5.41) is 0. The number of hydrogen-bond donors (Lipinski definition) is 0. The predicted octanol–water partition coefficient (Wildman–Crippen LogP) is 3.90. The average Bonchev–Trinajstić information content (AvgIpc) is 2.12. The van der Waals surface area contributed by atoms with Crippen LogP contribution in [0.1, 0.15) is 47.5 Å². The van der Waals surface area contributed by atoms with Crippen molar-refractivity contribution in [2.24, 2.45) is 11.3 Å². The van der Waals surface area contributed by atoms with E-state index in [1.807, 2.05) is 13.0 Å². The molecule has 0 amide bonds. The highest BCUT2D eigenvalue weighted by Crippen LogP contribution is 2.43. The Hall–Kier alpha value is -0.850. The predicted molar refractivity (Wildman–Crippen MR) is 64.7 cm³/mol. The SMILES string of the molecule is C/C=C/C(=O)C1=C(C)[C@H](C)CCC1(C)C. The first-order valence-electron chi connectivity index (χ1n) is 5.78. The zero-order valence-corrected chi connectivity index (χ0v) is 10.6. The van der Waals surface area contributed by atoms with E-state index in [1.165, 1.54) is 12.0 Å². The van der Waals surface area contributed by atoms with E-state index in [4.69, 9.17) is 0 Å². The van der Waals surface area contributed by atoms with Crippen LogP contribution in [0.2, 0.25) is 0 Å². The molecule has 0 radical (unpaired) electrons. The number of carbonyl (C=O) groups excluding carboxylic acids is 1. The summed E-state index contributed by atoms with van der Waals surface area (Å²) in [6.45, 7) is 10.6. The summed E-state index contributed by atoms with van der Waals surface area (Å²) in [6.07, 6.45) is 5.84. The summed E-state index contributed by atoms with van der Waals surface area (Å²) < 4.78 is 0. The topological polar surface area (TPSA) is 17.1 Å². The number of ketones is 1. The number of rotatable bonds is 2. The van der Waals surface area contributed by atoms with Crippen molar-refractivity contribution in [1.29, 1.82) is 0 Å². The lowest BCUT2D eigenvalue weighted by Gasteiger charge is -2.36. The van der Waals surface area contributed by atoms with Crippen LogP contribution in [0.3, 0.4) is 0 Å². The van der Waals surface area contributed by atoms with E-state index in [2.05, 4.69) is 27.7 Å². The third kappa shape index (κ3) is 2.39. The van der Waals surface area contributed by atoms with Crippen LogP contribution in [0.25, 0.3) is 0 Å². The Morgan fingerprint density at radius 2 is 2.07 bits per heavy atom. The highest BCUT2D eigenvalue weighted by Gasteiger charge is 2.34. The molecular weight excluding hydrogens is 184 g/mol. The quantitative estimate of drug-likeness (QED) is 0.626. The highest BCUT2D eigenvalue weighted by molar-refractivity contribution is 6.05. The monoisotopic (exact) mass is 206 g/mol. The lowest BCUT2D eigenvalue weighted by atomic mass is 9.68. The Bertz CT molecular complexity index is 318. The van der Waals surface area contributed by atoms with Crippen molar-refractivity contribution in [3.63, 3.8) is 0 Å². The molecule has 1 atom stereocenters. The average molecular weight is 206 g/mol. The molecule has 0 N–H and O–H groups in total. The van der Waals surface area contributed by atoms with Gasteiger partial charge in [0, 0.05) is 5.57 Å². The van der Waals surface area contributed by atoms with Gasteiger partial charge < -0.3 is 0 Å². The smallest absolute Gasteiger partial charge is 0.181 e. The molecule has 0 aromatic rings. The molecule has 0 saturated heterocycles. The van der Waals surface area contributed by atoms with Crippen LogP contribution in [0.15, 0.2) is 23.3 Å². The molecule has 0 saturated carbocycles. The number of allylic oxidation sites excluding steroid dienone is 4. The Labute approximate surface area is 93.3 Å². The molecule has 0 unspecified atom stereocenters.